The molecule has 0 atom stereocenters. The van der Waals surface area contributed by atoms with Crippen LogP contribution in [-0.2, 0) is 0 Å². The van der Waals surface area contributed by atoms with Crippen LogP contribution in [0, 0.1) is 5.92 Å². The van der Waals surface area contributed by atoms with Gasteiger partial charge in [0, 0.05) is 19.3 Å². The number of amides is 1. The Hall–Kier alpha value is -1.62. The van der Waals surface area contributed by atoms with Crippen LogP contribution in [-0.4, -0.2) is 49.0 Å². The fourth-order valence-corrected chi connectivity index (χ4v) is 2.42. The van der Waals surface area contributed by atoms with Crippen LogP contribution in [0.2, 0.25) is 0 Å². The Morgan fingerprint density at radius 2 is 2.15 bits per heavy atom. The third-order valence-electron chi connectivity index (χ3n) is 3.77. The summed E-state index contributed by atoms with van der Waals surface area (Å²) in [5, 5.41) is 6.13. The fourth-order valence-electron chi connectivity index (χ4n) is 2.42. The van der Waals surface area contributed by atoms with Crippen molar-refractivity contribution in [3.63, 3.8) is 0 Å². The van der Waals surface area contributed by atoms with Crippen LogP contribution < -0.4 is 10.6 Å². The molecule has 2 heterocycles. The van der Waals surface area contributed by atoms with E-state index in [1.807, 2.05) is 19.1 Å². The van der Waals surface area contributed by atoms with E-state index < -0.39 is 0 Å². The molecule has 1 saturated heterocycles. The Balaban J connectivity index is 1.79. The van der Waals surface area contributed by atoms with E-state index in [1.54, 1.807) is 6.20 Å². The number of nitrogens with one attached hydrogen (secondary N) is 2. The second kappa shape index (κ2) is 7.24. The molecule has 0 bridgehead atoms. The average Bonchev–Trinajstić information content (AvgIpc) is 2.47. The van der Waals surface area contributed by atoms with Crippen LogP contribution >= 0.6 is 0 Å². The zero-order chi connectivity index (χ0) is 14.4. The van der Waals surface area contributed by atoms with Gasteiger partial charge in [-0.05, 0) is 58.0 Å². The number of carbonyl (C=O) groups excluding carboxylic acids is 1. The summed E-state index contributed by atoms with van der Waals surface area (Å²) < 4.78 is 0. The summed E-state index contributed by atoms with van der Waals surface area (Å²) in [7, 11) is 2.15. The van der Waals surface area contributed by atoms with Gasteiger partial charge in [-0.2, -0.15) is 0 Å². The predicted octanol–water partition coefficient (Wildman–Crippen LogP) is 1.58. The molecule has 0 saturated carbocycles. The third-order valence-corrected chi connectivity index (χ3v) is 3.77. The molecule has 0 aliphatic carbocycles. The van der Waals surface area contributed by atoms with Crippen LogP contribution in [0.3, 0.4) is 0 Å². The summed E-state index contributed by atoms with van der Waals surface area (Å²) in [5.41, 5.74) is 0.625. The van der Waals surface area contributed by atoms with Gasteiger partial charge in [-0.25, -0.2) is 4.98 Å². The predicted molar refractivity (Wildman–Crippen MR) is 81.0 cm³/mol. The standard InChI is InChI=1S/C15H24N4O/c1-3-16-14-5-4-13(11-17-14)15(20)18-10-12-6-8-19(2)9-7-12/h4-5,11-12H,3,6-10H2,1-2H3,(H,16,17)(H,18,20). The van der Waals surface area contributed by atoms with Gasteiger partial charge in [0.25, 0.3) is 5.91 Å². The van der Waals surface area contributed by atoms with Gasteiger partial charge in [-0.15, -0.1) is 0 Å². The van der Waals surface area contributed by atoms with Crippen molar-refractivity contribution in [2.75, 3.05) is 38.5 Å². The number of pyridine rings is 1. The number of hydrogen-bond donors (Lipinski definition) is 2. The highest BCUT2D eigenvalue weighted by Gasteiger charge is 2.17. The van der Waals surface area contributed by atoms with Gasteiger partial charge < -0.3 is 15.5 Å². The summed E-state index contributed by atoms with van der Waals surface area (Å²) in [6, 6.07) is 3.66. The van der Waals surface area contributed by atoms with E-state index in [-0.39, 0.29) is 5.91 Å². The topological polar surface area (TPSA) is 57.3 Å². The Bertz CT molecular complexity index is 424. The van der Waals surface area contributed by atoms with E-state index in [4.69, 9.17) is 0 Å². The summed E-state index contributed by atoms with van der Waals surface area (Å²) in [6.07, 6.45) is 3.95. The van der Waals surface area contributed by atoms with Gasteiger partial charge in [0.05, 0.1) is 5.56 Å². The highest BCUT2D eigenvalue weighted by molar-refractivity contribution is 5.94. The van der Waals surface area contributed by atoms with Crippen LogP contribution in [0.15, 0.2) is 18.3 Å². The molecular weight excluding hydrogens is 252 g/mol. The van der Waals surface area contributed by atoms with Crippen molar-refractivity contribution in [2.45, 2.75) is 19.8 Å². The van der Waals surface area contributed by atoms with E-state index in [1.165, 1.54) is 0 Å². The molecule has 1 aromatic heterocycles. The smallest absolute Gasteiger partial charge is 0.252 e. The molecule has 1 amide bonds. The van der Waals surface area contributed by atoms with Crippen LogP contribution in [0.25, 0.3) is 0 Å². The largest absolute Gasteiger partial charge is 0.370 e. The maximum Gasteiger partial charge on any atom is 0.252 e. The van der Waals surface area contributed by atoms with Crippen molar-refractivity contribution >= 4 is 11.7 Å². The zero-order valence-electron chi connectivity index (χ0n) is 12.4. The number of likely N-dealkylation sites (tertiary alicyclic amines) is 1. The molecule has 0 aromatic carbocycles. The van der Waals surface area contributed by atoms with E-state index in [0.29, 0.717) is 11.5 Å². The Morgan fingerprint density at radius 1 is 1.40 bits per heavy atom. The number of carbonyl (C=O) groups is 1. The number of hydrogen-bond acceptors (Lipinski definition) is 4. The Morgan fingerprint density at radius 3 is 2.75 bits per heavy atom. The lowest BCUT2D eigenvalue weighted by atomic mass is 9.97. The zero-order valence-corrected chi connectivity index (χ0v) is 12.4. The molecule has 0 radical (unpaired) electrons. The van der Waals surface area contributed by atoms with Gasteiger partial charge in [0.15, 0.2) is 0 Å². The third kappa shape index (κ3) is 4.20. The molecular formula is C15H24N4O. The number of anilines is 1. The minimum Gasteiger partial charge on any atom is -0.370 e. The number of nitrogens with zero attached hydrogens (tertiary/aromatic N) is 2. The molecule has 2 N–H and O–H groups in total. The first kappa shape index (κ1) is 14.8. The SMILES string of the molecule is CCNc1ccc(C(=O)NCC2CCN(C)CC2)cn1. The van der Waals surface area contributed by atoms with Crippen molar-refractivity contribution in [1.29, 1.82) is 0 Å². The molecule has 110 valence electrons. The van der Waals surface area contributed by atoms with Crippen molar-refractivity contribution in [1.82, 2.24) is 15.2 Å². The van der Waals surface area contributed by atoms with Gasteiger partial charge in [-0.3, -0.25) is 4.79 Å². The van der Waals surface area contributed by atoms with Crippen molar-refractivity contribution in [3.05, 3.63) is 23.9 Å². The Kier molecular flexibility index (Phi) is 5.35. The lowest BCUT2D eigenvalue weighted by molar-refractivity contribution is 0.0938. The van der Waals surface area contributed by atoms with Gasteiger partial charge in [0.2, 0.25) is 0 Å². The minimum absolute atomic E-state index is 0.0283. The lowest BCUT2D eigenvalue weighted by Gasteiger charge is -2.28. The van der Waals surface area contributed by atoms with Crippen molar-refractivity contribution in [2.24, 2.45) is 5.92 Å². The van der Waals surface area contributed by atoms with Crippen LogP contribution in [0.1, 0.15) is 30.1 Å². The van der Waals surface area contributed by atoms with E-state index in [0.717, 1.165) is 44.8 Å². The monoisotopic (exact) mass is 276 g/mol. The van der Waals surface area contributed by atoms with E-state index >= 15 is 0 Å². The summed E-state index contributed by atoms with van der Waals surface area (Å²) >= 11 is 0. The van der Waals surface area contributed by atoms with Gasteiger partial charge >= 0.3 is 0 Å². The molecule has 2 rings (SSSR count). The van der Waals surface area contributed by atoms with Crippen molar-refractivity contribution in [3.8, 4) is 0 Å². The second-order valence-electron chi connectivity index (χ2n) is 5.42. The second-order valence-corrected chi connectivity index (χ2v) is 5.42. The molecule has 0 spiro atoms. The number of piperidine rings is 1. The molecule has 5 nitrogen and oxygen atoms in total. The molecule has 20 heavy (non-hydrogen) atoms. The maximum atomic E-state index is 12.0. The number of aromatic nitrogens is 1. The summed E-state index contributed by atoms with van der Waals surface area (Å²) in [4.78, 5) is 18.6. The van der Waals surface area contributed by atoms with Crippen LogP contribution in [0.5, 0.6) is 0 Å². The van der Waals surface area contributed by atoms with Gasteiger partial charge in [0.1, 0.15) is 5.82 Å². The lowest BCUT2D eigenvalue weighted by Crippen LogP contribution is -2.36. The van der Waals surface area contributed by atoms with Crippen LogP contribution in [0.4, 0.5) is 5.82 Å². The molecule has 1 aliphatic rings. The molecule has 0 unspecified atom stereocenters. The van der Waals surface area contributed by atoms with E-state index in [2.05, 4.69) is 27.6 Å². The van der Waals surface area contributed by atoms with Crippen molar-refractivity contribution < 1.29 is 4.79 Å². The summed E-state index contributed by atoms with van der Waals surface area (Å²) in [6.45, 7) is 5.86. The molecule has 1 aliphatic heterocycles. The maximum absolute atomic E-state index is 12.0. The first-order chi connectivity index (χ1) is 9.69. The normalized spacial score (nSPS) is 16.9. The molecule has 1 aromatic rings. The van der Waals surface area contributed by atoms with E-state index in [9.17, 15) is 4.79 Å². The first-order valence-electron chi connectivity index (χ1n) is 7.35. The Labute approximate surface area is 120 Å². The number of rotatable bonds is 5. The summed E-state index contributed by atoms with van der Waals surface area (Å²) in [5.74, 6) is 1.38. The highest BCUT2D eigenvalue weighted by Crippen LogP contribution is 2.15. The minimum atomic E-state index is -0.0283. The highest BCUT2D eigenvalue weighted by atomic mass is 16.1. The average molecular weight is 276 g/mol. The first-order valence-corrected chi connectivity index (χ1v) is 7.35. The van der Waals surface area contributed by atoms with Gasteiger partial charge in [-0.1, -0.05) is 0 Å². The fraction of sp³-hybridized carbons (Fsp3) is 0.600. The molecule has 5 heteroatoms. The quantitative estimate of drug-likeness (QED) is 0.857. The molecule has 1 fully saturated rings.